The number of rotatable bonds is 13. The smallest absolute Gasteiger partial charge is 0.165 e. The summed E-state index contributed by atoms with van der Waals surface area (Å²) in [7, 11) is 0. The van der Waals surface area contributed by atoms with Crippen molar-refractivity contribution in [3.63, 3.8) is 0 Å². The average molecular weight is 266 g/mol. The predicted octanol–water partition coefficient (Wildman–Crippen LogP) is 4.58. The van der Waals surface area contributed by atoms with E-state index in [2.05, 4.69) is 6.58 Å². The highest BCUT2D eigenvalue weighted by atomic mass is 16.3. The van der Waals surface area contributed by atoms with E-state index in [4.69, 9.17) is 0 Å². The molecule has 0 aromatic rings. The maximum absolute atomic E-state index is 11.5. The van der Waals surface area contributed by atoms with Crippen LogP contribution in [-0.2, 0) is 4.79 Å². The summed E-state index contributed by atoms with van der Waals surface area (Å²) in [5.41, 5.74) is 0. The molecule has 0 saturated carbocycles. The van der Waals surface area contributed by atoms with Crippen molar-refractivity contribution in [3.8, 4) is 0 Å². The summed E-state index contributed by atoms with van der Waals surface area (Å²) in [6.07, 6.45) is 15.2. The van der Waals surface area contributed by atoms with Crippen molar-refractivity contribution in [3.05, 3.63) is 24.8 Å². The van der Waals surface area contributed by atoms with Crippen LogP contribution in [0, 0.1) is 0 Å². The molecule has 0 spiro atoms. The first-order valence-electron chi connectivity index (χ1n) is 7.70. The van der Waals surface area contributed by atoms with Gasteiger partial charge in [0.15, 0.2) is 5.78 Å². The highest BCUT2D eigenvalue weighted by Gasteiger charge is 2.09. The maximum Gasteiger partial charge on any atom is 0.165 e. The lowest BCUT2D eigenvalue weighted by Gasteiger charge is -2.03. The van der Waals surface area contributed by atoms with E-state index in [1.165, 1.54) is 25.7 Å². The average Bonchev–Trinajstić information content (AvgIpc) is 2.42. The summed E-state index contributed by atoms with van der Waals surface area (Å²) >= 11 is 0. The minimum Gasteiger partial charge on any atom is -0.381 e. The molecule has 1 atom stereocenters. The zero-order valence-corrected chi connectivity index (χ0v) is 12.4. The third-order valence-electron chi connectivity index (χ3n) is 3.20. The second-order valence-electron chi connectivity index (χ2n) is 5.08. The number of carbonyl (C=O) groups is 1. The number of allylic oxidation sites excluding steroid dienone is 2. The largest absolute Gasteiger partial charge is 0.381 e. The van der Waals surface area contributed by atoms with Crippen LogP contribution in [0.15, 0.2) is 24.8 Å². The molecule has 0 saturated heterocycles. The van der Waals surface area contributed by atoms with Gasteiger partial charge in [0.05, 0.1) is 0 Å². The Hall–Kier alpha value is -0.890. The molecule has 110 valence electrons. The Kier molecular flexibility index (Phi) is 12.9. The fourth-order valence-electron chi connectivity index (χ4n) is 1.91. The summed E-state index contributed by atoms with van der Waals surface area (Å²) in [5, 5.41) is 9.60. The van der Waals surface area contributed by atoms with E-state index in [0.29, 0.717) is 6.42 Å². The van der Waals surface area contributed by atoms with E-state index in [0.717, 1.165) is 32.1 Å². The second-order valence-corrected chi connectivity index (χ2v) is 5.08. The number of hydrogen-bond donors (Lipinski definition) is 1. The minimum absolute atomic E-state index is 0.0532. The number of hydrogen-bond acceptors (Lipinski definition) is 2. The summed E-state index contributed by atoms with van der Waals surface area (Å²) < 4.78 is 0. The molecule has 0 aromatic heterocycles. The van der Waals surface area contributed by atoms with Crippen LogP contribution < -0.4 is 0 Å². The first-order chi connectivity index (χ1) is 9.22. The fourth-order valence-corrected chi connectivity index (χ4v) is 1.91. The van der Waals surface area contributed by atoms with Crippen molar-refractivity contribution in [1.82, 2.24) is 0 Å². The number of ketones is 1. The standard InChI is InChI=1S/C17H30O2/c1-3-5-7-8-9-10-11-12-13-15-17(19)16(18)14-6-4-2/h3,13,15,17,19H,1,4-12,14H2,2H3/b15-13+. The number of unbranched alkanes of at least 4 members (excludes halogenated alkanes) is 7. The van der Waals surface area contributed by atoms with Gasteiger partial charge in [0.2, 0.25) is 0 Å². The molecule has 19 heavy (non-hydrogen) atoms. The first-order valence-corrected chi connectivity index (χ1v) is 7.70. The van der Waals surface area contributed by atoms with E-state index < -0.39 is 6.10 Å². The SMILES string of the molecule is C=CCCCCCCC/C=C/C(O)C(=O)CCCC. The Balaban J connectivity index is 3.46. The normalized spacial score (nSPS) is 12.7. The zero-order valence-electron chi connectivity index (χ0n) is 12.4. The zero-order chi connectivity index (χ0) is 14.3. The second kappa shape index (κ2) is 13.5. The number of aliphatic hydroxyl groups is 1. The molecule has 0 fully saturated rings. The molecule has 0 radical (unpaired) electrons. The van der Waals surface area contributed by atoms with Gasteiger partial charge < -0.3 is 5.11 Å². The monoisotopic (exact) mass is 266 g/mol. The van der Waals surface area contributed by atoms with Gasteiger partial charge in [-0.1, -0.05) is 50.8 Å². The van der Waals surface area contributed by atoms with Crippen molar-refractivity contribution in [2.75, 3.05) is 0 Å². The summed E-state index contributed by atoms with van der Waals surface area (Å²) in [6.45, 7) is 5.75. The Labute approximate surface area is 118 Å². The topological polar surface area (TPSA) is 37.3 Å². The Morgan fingerprint density at radius 1 is 1.11 bits per heavy atom. The molecule has 0 amide bonds. The molecule has 0 aromatic carbocycles. The quantitative estimate of drug-likeness (QED) is 0.391. The van der Waals surface area contributed by atoms with Crippen LogP contribution in [0.25, 0.3) is 0 Å². The molecule has 2 nitrogen and oxygen atoms in total. The van der Waals surface area contributed by atoms with Crippen LogP contribution in [0.3, 0.4) is 0 Å². The van der Waals surface area contributed by atoms with Crippen molar-refractivity contribution in [2.45, 2.75) is 77.2 Å². The molecule has 2 heteroatoms. The van der Waals surface area contributed by atoms with Crippen molar-refractivity contribution < 1.29 is 9.90 Å². The third-order valence-corrected chi connectivity index (χ3v) is 3.20. The summed E-state index contributed by atoms with van der Waals surface area (Å²) in [6, 6.07) is 0. The lowest BCUT2D eigenvalue weighted by atomic mass is 10.1. The molecule has 1 unspecified atom stereocenters. The minimum atomic E-state index is -0.890. The van der Waals surface area contributed by atoms with E-state index in [-0.39, 0.29) is 5.78 Å². The Morgan fingerprint density at radius 2 is 1.74 bits per heavy atom. The fraction of sp³-hybridized carbons (Fsp3) is 0.706. The van der Waals surface area contributed by atoms with Gasteiger partial charge in [-0.3, -0.25) is 4.79 Å². The van der Waals surface area contributed by atoms with Crippen LogP contribution in [0.1, 0.15) is 71.1 Å². The van der Waals surface area contributed by atoms with Gasteiger partial charge in [-0.15, -0.1) is 6.58 Å². The first kappa shape index (κ1) is 18.1. The highest BCUT2D eigenvalue weighted by molar-refractivity contribution is 5.84. The summed E-state index contributed by atoms with van der Waals surface area (Å²) in [5.74, 6) is -0.0532. The molecule has 0 heterocycles. The van der Waals surface area contributed by atoms with Crippen molar-refractivity contribution in [2.24, 2.45) is 0 Å². The van der Waals surface area contributed by atoms with E-state index in [1.807, 2.05) is 19.1 Å². The van der Waals surface area contributed by atoms with Crippen LogP contribution in [-0.4, -0.2) is 17.0 Å². The molecule has 0 rings (SSSR count). The van der Waals surface area contributed by atoms with Gasteiger partial charge in [-0.2, -0.15) is 0 Å². The Bertz CT molecular complexity index is 256. The van der Waals surface area contributed by atoms with Crippen molar-refractivity contribution in [1.29, 1.82) is 0 Å². The van der Waals surface area contributed by atoms with Crippen molar-refractivity contribution >= 4 is 5.78 Å². The Morgan fingerprint density at radius 3 is 2.37 bits per heavy atom. The van der Waals surface area contributed by atoms with Gasteiger partial charge in [-0.25, -0.2) is 0 Å². The molecular weight excluding hydrogens is 236 g/mol. The van der Waals surface area contributed by atoms with Gasteiger partial charge >= 0.3 is 0 Å². The van der Waals surface area contributed by atoms with Crippen LogP contribution in [0.2, 0.25) is 0 Å². The van der Waals surface area contributed by atoms with Gasteiger partial charge in [0.25, 0.3) is 0 Å². The molecule has 0 aliphatic carbocycles. The third kappa shape index (κ3) is 11.9. The molecule has 0 bridgehead atoms. The molecule has 0 aliphatic rings. The molecular formula is C17H30O2. The van der Waals surface area contributed by atoms with Crippen LogP contribution >= 0.6 is 0 Å². The van der Waals surface area contributed by atoms with Crippen LogP contribution in [0.4, 0.5) is 0 Å². The van der Waals surface area contributed by atoms with Crippen LogP contribution in [0.5, 0.6) is 0 Å². The highest BCUT2D eigenvalue weighted by Crippen LogP contribution is 2.08. The lowest BCUT2D eigenvalue weighted by Crippen LogP contribution is -2.17. The molecule has 0 aliphatic heterocycles. The van der Waals surface area contributed by atoms with E-state index >= 15 is 0 Å². The summed E-state index contributed by atoms with van der Waals surface area (Å²) in [4.78, 5) is 11.5. The number of carbonyl (C=O) groups excluding carboxylic acids is 1. The van der Waals surface area contributed by atoms with Gasteiger partial charge in [0, 0.05) is 6.42 Å². The van der Waals surface area contributed by atoms with E-state index in [9.17, 15) is 9.90 Å². The van der Waals surface area contributed by atoms with Gasteiger partial charge in [0.1, 0.15) is 6.10 Å². The molecule has 1 N–H and O–H groups in total. The number of aliphatic hydroxyl groups excluding tert-OH is 1. The maximum atomic E-state index is 11.5. The van der Waals surface area contributed by atoms with E-state index in [1.54, 1.807) is 6.08 Å². The van der Waals surface area contributed by atoms with Gasteiger partial charge in [-0.05, 0) is 32.1 Å². The lowest BCUT2D eigenvalue weighted by molar-refractivity contribution is -0.125. The predicted molar refractivity (Wildman–Crippen MR) is 82.2 cm³/mol. The number of Topliss-reactive ketones (excluding diaryl/α,β-unsaturated/α-hetero) is 1.